The molecule has 1 unspecified atom stereocenters. The Hall–Kier alpha value is -0.980. The maximum atomic E-state index is 10.5. The minimum Gasteiger partial charge on any atom is -0.391 e. The highest BCUT2D eigenvalue weighted by molar-refractivity contribution is 4.96. The highest BCUT2D eigenvalue weighted by Gasteiger charge is 2.35. The van der Waals surface area contributed by atoms with Gasteiger partial charge in [-0.1, -0.05) is 0 Å². The van der Waals surface area contributed by atoms with Gasteiger partial charge in [-0.25, -0.2) is 4.98 Å². The second-order valence-electron chi connectivity index (χ2n) is 5.27. The van der Waals surface area contributed by atoms with Crippen LogP contribution in [-0.4, -0.2) is 62.7 Å². The monoisotopic (exact) mass is 254 g/mol. The normalized spacial score (nSPS) is 20.0. The van der Waals surface area contributed by atoms with E-state index in [1.165, 1.54) is 6.33 Å². The van der Waals surface area contributed by atoms with Gasteiger partial charge in [0.1, 0.15) is 12.2 Å². The third-order valence-corrected chi connectivity index (χ3v) is 3.82. The van der Waals surface area contributed by atoms with Crippen molar-refractivity contribution in [2.75, 3.05) is 26.3 Å². The summed E-state index contributed by atoms with van der Waals surface area (Å²) >= 11 is 0. The average molecular weight is 254 g/mol. The van der Waals surface area contributed by atoms with Crippen LogP contribution in [0.4, 0.5) is 0 Å². The summed E-state index contributed by atoms with van der Waals surface area (Å²) in [6.45, 7) is 7.34. The Morgan fingerprint density at radius 1 is 1.44 bits per heavy atom. The van der Waals surface area contributed by atoms with E-state index in [9.17, 15) is 5.11 Å². The van der Waals surface area contributed by atoms with Crippen molar-refractivity contribution < 1.29 is 9.84 Å². The van der Waals surface area contributed by atoms with Crippen LogP contribution in [0.2, 0.25) is 0 Å². The van der Waals surface area contributed by atoms with Crippen LogP contribution in [0.5, 0.6) is 0 Å². The molecule has 1 aromatic heterocycles. The summed E-state index contributed by atoms with van der Waals surface area (Å²) in [4.78, 5) is 6.44. The molecule has 1 N–H and O–H groups in total. The Bertz CT molecular complexity index is 385. The van der Waals surface area contributed by atoms with Crippen molar-refractivity contribution in [2.24, 2.45) is 7.05 Å². The summed E-state index contributed by atoms with van der Waals surface area (Å²) in [7, 11) is 1.84. The lowest BCUT2D eigenvalue weighted by molar-refractivity contribution is -0.0618. The van der Waals surface area contributed by atoms with Crippen LogP contribution in [0, 0.1) is 0 Å². The van der Waals surface area contributed by atoms with Gasteiger partial charge in [0, 0.05) is 32.1 Å². The zero-order valence-corrected chi connectivity index (χ0v) is 11.3. The van der Waals surface area contributed by atoms with Gasteiger partial charge in [-0.05, 0) is 13.8 Å². The first-order chi connectivity index (χ1) is 8.51. The summed E-state index contributed by atoms with van der Waals surface area (Å²) in [6, 6.07) is 0. The van der Waals surface area contributed by atoms with E-state index in [4.69, 9.17) is 4.74 Å². The van der Waals surface area contributed by atoms with E-state index < -0.39 is 6.10 Å². The van der Waals surface area contributed by atoms with Gasteiger partial charge in [-0.2, -0.15) is 5.10 Å². The minimum absolute atomic E-state index is 0.282. The summed E-state index contributed by atoms with van der Waals surface area (Å²) in [5.41, 5.74) is -0.282. The molecule has 102 valence electrons. The minimum atomic E-state index is -0.474. The lowest BCUT2D eigenvalue weighted by Crippen LogP contribution is -2.56. The van der Waals surface area contributed by atoms with E-state index >= 15 is 0 Å². The Labute approximate surface area is 108 Å². The van der Waals surface area contributed by atoms with Crippen LogP contribution in [-0.2, 0) is 18.2 Å². The van der Waals surface area contributed by atoms with Gasteiger partial charge in [-0.15, -0.1) is 0 Å². The van der Waals surface area contributed by atoms with Gasteiger partial charge >= 0.3 is 0 Å². The second-order valence-corrected chi connectivity index (χ2v) is 5.27. The molecule has 6 nitrogen and oxygen atoms in total. The molecule has 0 spiro atoms. The molecule has 0 aromatic carbocycles. The molecule has 1 atom stereocenters. The van der Waals surface area contributed by atoms with Crippen LogP contribution in [0.15, 0.2) is 6.33 Å². The first kappa shape index (κ1) is 13.5. The van der Waals surface area contributed by atoms with Gasteiger partial charge in [0.05, 0.1) is 19.3 Å². The van der Waals surface area contributed by atoms with Crippen molar-refractivity contribution in [1.82, 2.24) is 19.7 Å². The Morgan fingerprint density at radius 3 is 2.67 bits per heavy atom. The lowest BCUT2D eigenvalue weighted by atomic mass is 9.92. The van der Waals surface area contributed by atoms with Crippen LogP contribution in [0.3, 0.4) is 0 Å². The highest BCUT2D eigenvalue weighted by atomic mass is 16.5. The molecule has 1 aliphatic rings. The molecule has 0 amide bonds. The standard InChI is InChI=1S/C12H22N4O2/c1-12(2,16-4-6-18-7-5-16)10(17)8-11-13-9-14-15(11)3/h9-10,17H,4-8H2,1-3H3. The van der Waals surface area contributed by atoms with Crippen LogP contribution in [0.1, 0.15) is 19.7 Å². The molecular formula is C12H22N4O2. The molecule has 0 radical (unpaired) electrons. The SMILES string of the molecule is Cn1ncnc1CC(O)C(C)(C)N1CCOCC1. The molecule has 1 aromatic rings. The zero-order chi connectivity index (χ0) is 13.2. The number of hydrogen-bond donors (Lipinski definition) is 1. The van der Waals surface area contributed by atoms with E-state index in [-0.39, 0.29) is 5.54 Å². The molecule has 18 heavy (non-hydrogen) atoms. The van der Waals surface area contributed by atoms with Gasteiger partial charge in [0.2, 0.25) is 0 Å². The molecule has 1 aliphatic heterocycles. The fraction of sp³-hybridized carbons (Fsp3) is 0.833. The molecule has 1 fully saturated rings. The topological polar surface area (TPSA) is 63.4 Å². The molecule has 1 saturated heterocycles. The molecule has 6 heteroatoms. The predicted molar refractivity (Wildman–Crippen MR) is 67.2 cm³/mol. The first-order valence-corrected chi connectivity index (χ1v) is 6.35. The van der Waals surface area contributed by atoms with Gasteiger partial charge in [0.15, 0.2) is 0 Å². The number of ether oxygens (including phenoxy) is 1. The maximum Gasteiger partial charge on any atom is 0.138 e. The van der Waals surface area contributed by atoms with Crippen LogP contribution >= 0.6 is 0 Å². The van der Waals surface area contributed by atoms with Gasteiger partial charge in [0.25, 0.3) is 0 Å². The predicted octanol–water partition coefficient (Wildman–Crippen LogP) is -0.171. The highest BCUT2D eigenvalue weighted by Crippen LogP contribution is 2.22. The first-order valence-electron chi connectivity index (χ1n) is 6.35. The number of rotatable bonds is 4. The molecule has 0 bridgehead atoms. The van der Waals surface area contributed by atoms with Crippen molar-refractivity contribution in [1.29, 1.82) is 0 Å². The number of hydrogen-bond acceptors (Lipinski definition) is 5. The lowest BCUT2D eigenvalue weighted by Gasteiger charge is -2.43. The third kappa shape index (κ3) is 2.71. The van der Waals surface area contributed by atoms with Gasteiger partial charge in [-0.3, -0.25) is 9.58 Å². The van der Waals surface area contributed by atoms with Crippen molar-refractivity contribution in [3.05, 3.63) is 12.2 Å². The quantitative estimate of drug-likeness (QED) is 0.808. The Kier molecular flexibility index (Phi) is 3.99. The Morgan fingerprint density at radius 2 is 2.11 bits per heavy atom. The van der Waals surface area contributed by atoms with Crippen LogP contribution in [0.25, 0.3) is 0 Å². The fourth-order valence-electron chi connectivity index (χ4n) is 2.28. The van der Waals surface area contributed by atoms with E-state index in [0.717, 1.165) is 32.1 Å². The Balaban J connectivity index is 2.02. The average Bonchev–Trinajstić information content (AvgIpc) is 2.76. The number of aromatic nitrogens is 3. The van der Waals surface area contributed by atoms with E-state index in [1.807, 2.05) is 7.05 Å². The second kappa shape index (κ2) is 5.34. The fourth-order valence-corrected chi connectivity index (χ4v) is 2.28. The number of aliphatic hydroxyl groups is 1. The number of morpholine rings is 1. The van der Waals surface area contributed by atoms with Crippen molar-refractivity contribution in [3.8, 4) is 0 Å². The van der Waals surface area contributed by atoms with Crippen molar-refractivity contribution >= 4 is 0 Å². The zero-order valence-electron chi connectivity index (χ0n) is 11.3. The molecule has 0 saturated carbocycles. The summed E-state index contributed by atoms with van der Waals surface area (Å²) in [5, 5.41) is 14.5. The van der Waals surface area contributed by atoms with E-state index in [1.54, 1.807) is 4.68 Å². The third-order valence-electron chi connectivity index (χ3n) is 3.82. The number of nitrogens with zero attached hydrogens (tertiary/aromatic N) is 4. The van der Waals surface area contributed by atoms with Crippen LogP contribution < -0.4 is 0 Å². The molecule has 0 aliphatic carbocycles. The largest absolute Gasteiger partial charge is 0.391 e. The summed E-state index contributed by atoms with van der Waals surface area (Å²) in [5.74, 6) is 0.809. The smallest absolute Gasteiger partial charge is 0.138 e. The van der Waals surface area contributed by atoms with E-state index in [2.05, 4.69) is 28.8 Å². The summed E-state index contributed by atoms with van der Waals surface area (Å²) in [6.07, 6.45) is 1.56. The molecule has 2 heterocycles. The molecule has 2 rings (SSSR count). The number of aliphatic hydroxyl groups excluding tert-OH is 1. The summed E-state index contributed by atoms with van der Waals surface area (Å²) < 4.78 is 7.06. The molecular weight excluding hydrogens is 232 g/mol. The maximum absolute atomic E-state index is 10.5. The number of aryl methyl sites for hydroxylation is 1. The van der Waals surface area contributed by atoms with Gasteiger partial charge < -0.3 is 9.84 Å². The van der Waals surface area contributed by atoms with Crippen molar-refractivity contribution in [2.45, 2.75) is 31.9 Å². The van der Waals surface area contributed by atoms with E-state index in [0.29, 0.717) is 6.42 Å². The van der Waals surface area contributed by atoms with Crippen molar-refractivity contribution in [3.63, 3.8) is 0 Å².